The molecule has 5 heteroatoms. The lowest BCUT2D eigenvalue weighted by atomic mass is 9.98. The number of benzene rings is 1. The Labute approximate surface area is 98.4 Å². The van der Waals surface area contributed by atoms with Crippen LogP contribution in [0.1, 0.15) is 19.4 Å². The van der Waals surface area contributed by atoms with Gasteiger partial charge in [-0.05, 0) is 30.9 Å². The van der Waals surface area contributed by atoms with Crippen molar-refractivity contribution in [3.63, 3.8) is 0 Å². The quantitative estimate of drug-likeness (QED) is 0.463. The molecular formula is C11H13ClFNO2. The molecule has 2 atom stereocenters. The van der Waals surface area contributed by atoms with Gasteiger partial charge in [0.15, 0.2) is 0 Å². The van der Waals surface area contributed by atoms with E-state index in [1.54, 1.807) is 0 Å². The van der Waals surface area contributed by atoms with E-state index in [-0.39, 0.29) is 17.0 Å². The molecule has 2 unspecified atom stereocenters. The van der Waals surface area contributed by atoms with Gasteiger partial charge in [-0.15, -0.1) is 11.6 Å². The summed E-state index contributed by atoms with van der Waals surface area (Å²) in [5.74, 6) is -0.443. The average Bonchev–Trinajstić information content (AvgIpc) is 2.16. The van der Waals surface area contributed by atoms with Crippen molar-refractivity contribution in [2.45, 2.75) is 25.6 Å². The van der Waals surface area contributed by atoms with Gasteiger partial charge >= 0.3 is 0 Å². The second-order valence-electron chi connectivity index (χ2n) is 3.93. The van der Waals surface area contributed by atoms with Gasteiger partial charge in [-0.2, -0.15) is 0 Å². The zero-order valence-corrected chi connectivity index (χ0v) is 9.87. The molecule has 0 saturated carbocycles. The van der Waals surface area contributed by atoms with Crippen molar-refractivity contribution in [1.29, 1.82) is 0 Å². The monoisotopic (exact) mass is 245 g/mol. The van der Waals surface area contributed by atoms with Crippen molar-refractivity contribution < 1.29 is 9.31 Å². The molecule has 0 N–H and O–H groups in total. The summed E-state index contributed by atoms with van der Waals surface area (Å²) in [4.78, 5) is 9.94. The molecule has 0 heterocycles. The summed E-state index contributed by atoms with van der Waals surface area (Å²) >= 11 is 5.89. The van der Waals surface area contributed by atoms with Crippen LogP contribution in [0.5, 0.6) is 0 Å². The number of halogens is 2. The van der Waals surface area contributed by atoms with Gasteiger partial charge in [0.1, 0.15) is 5.82 Å². The van der Waals surface area contributed by atoms with Crippen LogP contribution >= 0.6 is 11.6 Å². The second kappa shape index (κ2) is 5.25. The van der Waals surface area contributed by atoms with Crippen LogP contribution in [0.3, 0.4) is 0 Å². The van der Waals surface area contributed by atoms with Gasteiger partial charge in [-0.3, -0.25) is 10.1 Å². The summed E-state index contributed by atoms with van der Waals surface area (Å²) in [6.45, 7) is 3.77. The van der Waals surface area contributed by atoms with Crippen molar-refractivity contribution in [2.24, 2.45) is 5.92 Å². The van der Waals surface area contributed by atoms with Crippen LogP contribution < -0.4 is 0 Å². The summed E-state index contributed by atoms with van der Waals surface area (Å²) in [5.41, 5.74) is 0.385. The van der Waals surface area contributed by atoms with E-state index in [0.717, 1.165) is 6.07 Å². The Morgan fingerprint density at radius 1 is 1.44 bits per heavy atom. The van der Waals surface area contributed by atoms with Crippen LogP contribution in [-0.2, 0) is 6.42 Å². The number of hydrogen-bond acceptors (Lipinski definition) is 2. The number of hydrogen-bond donors (Lipinski definition) is 0. The molecule has 0 aromatic heterocycles. The first-order chi connectivity index (χ1) is 7.40. The van der Waals surface area contributed by atoms with Crippen molar-refractivity contribution in [3.05, 3.63) is 39.7 Å². The molecule has 16 heavy (non-hydrogen) atoms. The molecule has 1 aromatic carbocycles. The van der Waals surface area contributed by atoms with Gasteiger partial charge in [-0.1, -0.05) is 6.92 Å². The Kier molecular flexibility index (Phi) is 4.24. The molecule has 0 aliphatic carbocycles. The third-order valence-corrected chi connectivity index (χ3v) is 2.93. The third-order valence-electron chi connectivity index (χ3n) is 2.49. The first-order valence-electron chi connectivity index (χ1n) is 4.98. The average molecular weight is 246 g/mol. The van der Waals surface area contributed by atoms with E-state index < -0.39 is 10.7 Å². The van der Waals surface area contributed by atoms with E-state index in [0.29, 0.717) is 12.0 Å². The minimum absolute atomic E-state index is 0.0534. The molecule has 0 bridgehead atoms. The van der Waals surface area contributed by atoms with E-state index in [2.05, 4.69) is 0 Å². The Morgan fingerprint density at radius 3 is 2.56 bits per heavy atom. The molecule has 0 fully saturated rings. The fourth-order valence-electron chi connectivity index (χ4n) is 1.39. The van der Waals surface area contributed by atoms with E-state index in [1.165, 1.54) is 12.1 Å². The van der Waals surface area contributed by atoms with Gasteiger partial charge in [0.2, 0.25) is 0 Å². The van der Waals surface area contributed by atoms with Crippen molar-refractivity contribution in [3.8, 4) is 0 Å². The molecule has 1 aromatic rings. The smallest absolute Gasteiger partial charge is 0.258 e. The van der Waals surface area contributed by atoms with Crippen molar-refractivity contribution in [2.75, 3.05) is 0 Å². The maximum absolute atomic E-state index is 13.1. The van der Waals surface area contributed by atoms with Gasteiger partial charge in [-0.25, -0.2) is 4.39 Å². The Hall–Kier alpha value is -1.16. The Balaban J connectivity index is 2.92. The summed E-state index contributed by atoms with van der Waals surface area (Å²) in [6.07, 6.45) is 0.531. The fourth-order valence-corrected chi connectivity index (χ4v) is 1.48. The Bertz CT molecular complexity index is 396. The molecular weight excluding hydrogens is 233 g/mol. The molecule has 0 spiro atoms. The van der Waals surface area contributed by atoms with E-state index >= 15 is 0 Å². The number of nitrogens with zero attached hydrogens (tertiary/aromatic N) is 1. The zero-order chi connectivity index (χ0) is 12.3. The predicted octanol–water partition coefficient (Wildman–Crippen LogP) is 3.54. The lowest BCUT2D eigenvalue weighted by Gasteiger charge is -2.13. The number of non-ortho nitro benzene ring substituents is 1. The highest BCUT2D eigenvalue weighted by Crippen LogP contribution is 2.21. The molecule has 0 amide bonds. The lowest BCUT2D eigenvalue weighted by Crippen LogP contribution is -2.10. The second-order valence-corrected chi connectivity index (χ2v) is 4.62. The number of nitro groups is 1. The van der Waals surface area contributed by atoms with Crippen LogP contribution in [0.15, 0.2) is 18.2 Å². The van der Waals surface area contributed by atoms with Crippen LogP contribution in [-0.4, -0.2) is 10.3 Å². The highest BCUT2D eigenvalue weighted by atomic mass is 35.5. The molecule has 1 rings (SSSR count). The summed E-state index contributed by atoms with van der Waals surface area (Å²) < 4.78 is 13.1. The minimum Gasteiger partial charge on any atom is -0.258 e. The molecule has 0 aliphatic heterocycles. The lowest BCUT2D eigenvalue weighted by molar-refractivity contribution is -0.385. The topological polar surface area (TPSA) is 43.1 Å². The van der Waals surface area contributed by atoms with Crippen molar-refractivity contribution >= 4 is 17.3 Å². The van der Waals surface area contributed by atoms with Gasteiger partial charge in [0, 0.05) is 11.4 Å². The maximum Gasteiger partial charge on any atom is 0.272 e. The normalized spacial score (nSPS) is 14.5. The van der Waals surface area contributed by atoms with E-state index in [4.69, 9.17) is 11.6 Å². The van der Waals surface area contributed by atoms with Crippen LogP contribution in [0, 0.1) is 21.8 Å². The van der Waals surface area contributed by atoms with Crippen LogP contribution in [0.25, 0.3) is 0 Å². The fraction of sp³-hybridized carbons (Fsp3) is 0.455. The largest absolute Gasteiger partial charge is 0.272 e. The van der Waals surface area contributed by atoms with Gasteiger partial charge in [0.05, 0.1) is 11.0 Å². The summed E-state index contributed by atoms with van der Waals surface area (Å²) in [7, 11) is 0. The van der Waals surface area contributed by atoms with E-state index in [1.807, 2.05) is 13.8 Å². The van der Waals surface area contributed by atoms with Crippen LogP contribution in [0.2, 0.25) is 0 Å². The summed E-state index contributed by atoms with van der Waals surface area (Å²) in [6, 6.07) is 3.61. The van der Waals surface area contributed by atoms with Gasteiger partial charge < -0.3 is 0 Å². The minimum atomic E-state index is -0.596. The molecule has 0 radical (unpaired) electrons. The molecule has 88 valence electrons. The predicted molar refractivity (Wildman–Crippen MR) is 61.2 cm³/mol. The van der Waals surface area contributed by atoms with Crippen LogP contribution in [0.4, 0.5) is 10.1 Å². The standard InChI is InChI=1S/C11H13ClFNO2/c1-7(8(2)12)3-9-4-10(13)6-11(5-9)14(15)16/h4-8H,3H2,1-2H3. The maximum atomic E-state index is 13.1. The first kappa shape index (κ1) is 12.9. The first-order valence-corrected chi connectivity index (χ1v) is 5.41. The molecule has 0 aliphatic rings. The number of nitro benzene ring substituents is 1. The van der Waals surface area contributed by atoms with Crippen molar-refractivity contribution in [1.82, 2.24) is 0 Å². The highest BCUT2D eigenvalue weighted by molar-refractivity contribution is 6.20. The summed E-state index contributed by atoms with van der Waals surface area (Å²) in [5, 5.41) is 10.5. The number of rotatable bonds is 4. The molecule has 0 saturated heterocycles. The third kappa shape index (κ3) is 3.45. The van der Waals surface area contributed by atoms with E-state index in [9.17, 15) is 14.5 Å². The zero-order valence-electron chi connectivity index (χ0n) is 9.11. The SMILES string of the molecule is CC(Cl)C(C)Cc1cc(F)cc([N+](=O)[O-])c1. The molecule has 3 nitrogen and oxygen atoms in total. The number of alkyl halides is 1. The van der Waals surface area contributed by atoms with Gasteiger partial charge in [0.25, 0.3) is 5.69 Å². The Morgan fingerprint density at radius 2 is 2.06 bits per heavy atom. The highest BCUT2D eigenvalue weighted by Gasteiger charge is 2.14.